The van der Waals surface area contributed by atoms with E-state index in [-0.39, 0.29) is 5.91 Å². The van der Waals surface area contributed by atoms with E-state index in [9.17, 15) is 9.59 Å². The number of hydrogen-bond acceptors (Lipinski definition) is 6. The van der Waals surface area contributed by atoms with Crippen LogP contribution in [0.5, 0.6) is 0 Å². The van der Waals surface area contributed by atoms with Crippen molar-refractivity contribution in [3.8, 4) is 11.3 Å². The summed E-state index contributed by atoms with van der Waals surface area (Å²) in [5.74, 6) is 0.165. The maximum atomic E-state index is 13.0. The van der Waals surface area contributed by atoms with Gasteiger partial charge in [0, 0.05) is 24.9 Å². The summed E-state index contributed by atoms with van der Waals surface area (Å²) in [6.07, 6.45) is 3.05. The van der Waals surface area contributed by atoms with E-state index in [1.54, 1.807) is 25.4 Å². The van der Waals surface area contributed by atoms with Crippen LogP contribution in [0.1, 0.15) is 9.67 Å². The number of thiophene rings is 1. The fourth-order valence-electron chi connectivity index (χ4n) is 3.32. The molecule has 1 aromatic carbocycles. The number of urea groups is 1. The number of pyridine rings is 1. The maximum absolute atomic E-state index is 13.0. The van der Waals surface area contributed by atoms with Crippen molar-refractivity contribution in [3.63, 3.8) is 0 Å². The second kappa shape index (κ2) is 6.64. The zero-order chi connectivity index (χ0) is 20.0. The molecule has 0 saturated heterocycles. The number of rotatable bonds is 3. The lowest BCUT2D eigenvalue weighted by molar-refractivity contribution is 0.0968. The van der Waals surface area contributed by atoms with Crippen LogP contribution in [0.3, 0.4) is 0 Å². The van der Waals surface area contributed by atoms with Crippen LogP contribution >= 0.6 is 11.3 Å². The van der Waals surface area contributed by atoms with Crippen LogP contribution in [0.25, 0.3) is 21.5 Å². The number of aromatic nitrogens is 3. The van der Waals surface area contributed by atoms with Crippen molar-refractivity contribution in [1.82, 2.24) is 20.3 Å². The highest BCUT2D eigenvalue weighted by atomic mass is 32.1. The molecule has 1 aliphatic heterocycles. The number of nitrogens with one attached hydrogen (secondary N) is 2. The van der Waals surface area contributed by atoms with E-state index in [1.807, 2.05) is 30.3 Å². The Balaban J connectivity index is 1.68. The van der Waals surface area contributed by atoms with Crippen LogP contribution in [-0.4, -0.2) is 33.9 Å². The zero-order valence-electron chi connectivity index (χ0n) is 15.2. The fraction of sp³-hybridized carbons (Fsp3) is 0.0500. The molecule has 2 N–H and O–H groups in total. The monoisotopic (exact) mass is 402 g/mol. The number of anilines is 3. The Kier molecular flexibility index (Phi) is 3.95. The predicted octanol–water partition coefficient (Wildman–Crippen LogP) is 3.80. The van der Waals surface area contributed by atoms with Gasteiger partial charge in [0.25, 0.3) is 5.91 Å². The molecule has 0 atom stereocenters. The molecular formula is C20H14N6O2S. The van der Waals surface area contributed by atoms with Crippen LogP contribution < -0.4 is 15.5 Å². The van der Waals surface area contributed by atoms with Gasteiger partial charge in [-0.2, -0.15) is 0 Å². The van der Waals surface area contributed by atoms with Crippen LogP contribution in [0.4, 0.5) is 22.0 Å². The molecule has 3 amide bonds. The van der Waals surface area contributed by atoms with Crippen molar-refractivity contribution in [2.45, 2.75) is 0 Å². The van der Waals surface area contributed by atoms with Gasteiger partial charge in [-0.05, 0) is 6.07 Å². The number of benzene rings is 1. The SMILES string of the molecule is CNC(=O)c1sc2nccc3c2c1NC(=O)N3c1cc(-c2ccccc2)ncn1. The zero-order valence-corrected chi connectivity index (χ0v) is 16.0. The second-order valence-electron chi connectivity index (χ2n) is 6.29. The number of carbonyl (C=O) groups is 2. The molecule has 8 nitrogen and oxygen atoms in total. The lowest BCUT2D eigenvalue weighted by atomic mass is 10.1. The normalized spacial score (nSPS) is 12.7. The number of carbonyl (C=O) groups excluding carboxylic acids is 2. The summed E-state index contributed by atoms with van der Waals surface area (Å²) in [6, 6.07) is 12.8. The Morgan fingerprint density at radius 2 is 1.97 bits per heavy atom. The van der Waals surface area contributed by atoms with Gasteiger partial charge >= 0.3 is 6.03 Å². The summed E-state index contributed by atoms with van der Waals surface area (Å²) in [7, 11) is 1.55. The van der Waals surface area contributed by atoms with E-state index in [2.05, 4.69) is 25.6 Å². The molecule has 0 saturated carbocycles. The molecule has 4 heterocycles. The van der Waals surface area contributed by atoms with Crippen molar-refractivity contribution in [3.05, 3.63) is 59.9 Å². The summed E-state index contributed by atoms with van der Waals surface area (Å²) >= 11 is 1.24. The minimum absolute atomic E-state index is 0.268. The van der Waals surface area contributed by atoms with Crippen LogP contribution in [0, 0.1) is 0 Å². The Labute approximate surface area is 169 Å². The topological polar surface area (TPSA) is 100 Å². The summed E-state index contributed by atoms with van der Waals surface area (Å²) in [5.41, 5.74) is 2.73. The first-order valence-corrected chi connectivity index (χ1v) is 9.61. The van der Waals surface area contributed by atoms with Crippen molar-refractivity contribution in [2.24, 2.45) is 0 Å². The molecule has 0 unspecified atom stereocenters. The van der Waals surface area contributed by atoms with Gasteiger partial charge < -0.3 is 10.6 Å². The molecule has 5 rings (SSSR count). The van der Waals surface area contributed by atoms with Crippen LogP contribution in [0.15, 0.2) is 55.0 Å². The van der Waals surface area contributed by atoms with Gasteiger partial charge in [-0.1, -0.05) is 30.3 Å². The van der Waals surface area contributed by atoms with Gasteiger partial charge in [0.05, 0.1) is 22.5 Å². The molecule has 3 aromatic heterocycles. The summed E-state index contributed by atoms with van der Waals surface area (Å²) in [5, 5.41) is 6.15. The van der Waals surface area contributed by atoms with Gasteiger partial charge in [0.15, 0.2) is 0 Å². The third-order valence-corrected chi connectivity index (χ3v) is 5.73. The first-order chi connectivity index (χ1) is 14.2. The Morgan fingerprint density at radius 1 is 1.14 bits per heavy atom. The molecule has 0 bridgehead atoms. The standard InChI is InChI=1S/C20H14N6O2S/c1-21-18(27)17-16-15-13(7-8-22-19(15)29-17)26(20(28)25-16)14-9-12(23-10-24-14)11-5-3-2-4-6-11/h2-10H,1H3,(H,21,27)(H,25,28). The molecule has 0 spiro atoms. The van der Waals surface area contributed by atoms with Gasteiger partial charge in [0.1, 0.15) is 21.9 Å². The van der Waals surface area contributed by atoms with Gasteiger partial charge in [0.2, 0.25) is 0 Å². The molecule has 1 aliphatic rings. The summed E-state index contributed by atoms with van der Waals surface area (Å²) in [6.45, 7) is 0. The van der Waals surface area contributed by atoms with Crippen molar-refractivity contribution in [1.29, 1.82) is 0 Å². The molecule has 29 heavy (non-hydrogen) atoms. The number of nitrogens with zero attached hydrogens (tertiary/aromatic N) is 4. The Bertz CT molecular complexity index is 1270. The average Bonchev–Trinajstić information content (AvgIpc) is 3.13. The molecule has 4 aromatic rings. The van der Waals surface area contributed by atoms with E-state index in [0.29, 0.717) is 32.6 Å². The van der Waals surface area contributed by atoms with Crippen molar-refractivity contribution < 1.29 is 9.59 Å². The maximum Gasteiger partial charge on any atom is 0.332 e. The Hall–Kier alpha value is -3.85. The lowest BCUT2D eigenvalue weighted by Gasteiger charge is -2.27. The Morgan fingerprint density at radius 3 is 2.76 bits per heavy atom. The summed E-state index contributed by atoms with van der Waals surface area (Å²) < 4.78 is 0. The number of amides is 3. The first-order valence-electron chi connectivity index (χ1n) is 8.79. The molecule has 0 radical (unpaired) electrons. The number of hydrogen-bond donors (Lipinski definition) is 2. The fourth-order valence-corrected chi connectivity index (χ4v) is 4.39. The van der Waals surface area contributed by atoms with Gasteiger partial charge in [-0.3, -0.25) is 4.79 Å². The highest BCUT2D eigenvalue weighted by Gasteiger charge is 2.33. The molecule has 9 heteroatoms. The first kappa shape index (κ1) is 17.3. The third-order valence-electron chi connectivity index (χ3n) is 4.63. The van der Waals surface area contributed by atoms with Crippen LogP contribution in [0.2, 0.25) is 0 Å². The van der Waals surface area contributed by atoms with E-state index >= 15 is 0 Å². The third kappa shape index (κ3) is 2.71. The smallest absolute Gasteiger partial charge is 0.332 e. The molecule has 142 valence electrons. The van der Waals surface area contributed by atoms with E-state index in [0.717, 1.165) is 10.9 Å². The molecule has 0 fully saturated rings. The highest BCUT2D eigenvalue weighted by molar-refractivity contribution is 7.21. The highest BCUT2D eigenvalue weighted by Crippen LogP contribution is 2.45. The van der Waals surface area contributed by atoms with E-state index < -0.39 is 6.03 Å². The van der Waals surface area contributed by atoms with E-state index in [4.69, 9.17) is 0 Å². The van der Waals surface area contributed by atoms with Crippen LogP contribution in [-0.2, 0) is 0 Å². The molecule has 0 aliphatic carbocycles. The minimum Gasteiger partial charge on any atom is -0.354 e. The molecular weight excluding hydrogens is 388 g/mol. The largest absolute Gasteiger partial charge is 0.354 e. The summed E-state index contributed by atoms with van der Waals surface area (Å²) in [4.78, 5) is 40.8. The van der Waals surface area contributed by atoms with Crippen molar-refractivity contribution in [2.75, 3.05) is 17.3 Å². The van der Waals surface area contributed by atoms with Gasteiger partial charge in [-0.25, -0.2) is 24.6 Å². The van der Waals surface area contributed by atoms with Crippen molar-refractivity contribution >= 4 is 50.7 Å². The second-order valence-corrected chi connectivity index (χ2v) is 7.29. The quantitative estimate of drug-likeness (QED) is 0.543. The average molecular weight is 402 g/mol. The van der Waals surface area contributed by atoms with Gasteiger partial charge in [-0.15, -0.1) is 11.3 Å². The lowest BCUT2D eigenvalue weighted by Crippen LogP contribution is -2.35. The van der Waals surface area contributed by atoms with E-state index in [1.165, 1.54) is 22.6 Å². The predicted molar refractivity (Wildman–Crippen MR) is 112 cm³/mol. The minimum atomic E-state index is -0.397.